The molecular formula is C16H17NO3. The number of benzene rings is 1. The van der Waals surface area contributed by atoms with Crippen LogP contribution < -0.4 is 4.74 Å². The van der Waals surface area contributed by atoms with Gasteiger partial charge < -0.3 is 9.47 Å². The molecule has 1 rings (SSSR count). The van der Waals surface area contributed by atoms with Gasteiger partial charge in [-0.2, -0.15) is 5.26 Å². The lowest BCUT2D eigenvalue weighted by Crippen LogP contribution is -2.12. The van der Waals surface area contributed by atoms with Crippen molar-refractivity contribution in [1.29, 1.82) is 5.26 Å². The summed E-state index contributed by atoms with van der Waals surface area (Å²) in [4.78, 5) is 11.6. The molecule has 0 bridgehead atoms. The van der Waals surface area contributed by atoms with Gasteiger partial charge in [0.2, 0.25) is 0 Å². The first-order valence-electron chi connectivity index (χ1n) is 6.23. The number of rotatable bonds is 6. The number of carbonyl (C=O) groups is 1. The number of ether oxygens (including phenoxy) is 2. The topological polar surface area (TPSA) is 59.3 Å². The Kier molecular flexibility index (Phi) is 6.05. The first-order valence-corrected chi connectivity index (χ1v) is 6.23. The molecule has 0 radical (unpaired) electrons. The maximum Gasteiger partial charge on any atom is 0.349 e. The lowest BCUT2D eigenvalue weighted by Gasteiger charge is -2.07. The second-order valence-corrected chi connectivity index (χ2v) is 4.29. The molecule has 0 saturated heterocycles. The molecule has 0 spiro atoms. The van der Waals surface area contributed by atoms with Crippen LogP contribution in [0.2, 0.25) is 0 Å². The van der Waals surface area contributed by atoms with Crippen LogP contribution in [-0.2, 0) is 9.53 Å². The van der Waals surface area contributed by atoms with E-state index in [1.807, 2.05) is 6.07 Å². The number of nitrogens with zero attached hydrogens (tertiary/aromatic N) is 1. The summed E-state index contributed by atoms with van der Waals surface area (Å²) in [5.41, 5.74) is 0.701. The van der Waals surface area contributed by atoms with Gasteiger partial charge in [0.25, 0.3) is 0 Å². The number of hydrogen-bond donors (Lipinski definition) is 0. The maximum atomic E-state index is 11.6. The lowest BCUT2D eigenvalue weighted by molar-refractivity contribution is -0.142. The summed E-state index contributed by atoms with van der Waals surface area (Å²) >= 11 is 0. The minimum absolute atomic E-state index is 0.0292. The molecule has 4 heteroatoms. The second kappa shape index (κ2) is 7.80. The second-order valence-electron chi connectivity index (χ2n) is 4.29. The van der Waals surface area contributed by atoms with E-state index in [0.717, 1.165) is 5.56 Å². The van der Waals surface area contributed by atoms with Crippen LogP contribution in [0, 0.1) is 11.3 Å². The summed E-state index contributed by atoms with van der Waals surface area (Å²) in [6.45, 7) is 7.46. The fourth-order valence-electron chi connectivity index (χ4n) is 1.40. The monoisotopic (exact) mass is 271 g/mol. The van der Waals surface area contributed by atoms with E-state index < -0.39 is 5.97 Å². The van der Waals surface area contributed by atoms with Crippen LogP contribution in [0.25, 0.3) is 6.08 Å². The van der Waals surface area contributed by atoms with Gasteiger partial charge in [0.05, 0.1) is 6.10 Å². The number of hydrogen-bond acceptors (Lipinski definition) is 4. The normalized spacial score (nSPS) is 10.8. The Morgan fingerprint density at radius 3 is 2.55 bits per heavy atom. The highest BCUT2D eigenvalue weighted by Gasteiger charge is 2.12. The number of esters is 1. The molecule has 0 atom stereocenters. The smallest absolute Gasteiger partial charge is 0.349 e. The van der Waals surface area contributed by atoms with E-state index in [9.17, 15) is 4.79 Å². The fourth-order valence-corrected chi connectivity index (χ4v) is 1.40. The van der Waals surface area contributed by atoms with E-state index in [4.69, 9.17) is 14.7 Å². The van der Waals surface area contributed by atoms with Gasteiger partial charge in [0.1, 0.15) is 24.0 Å². The van der Waals surface area contributed by atoms with Crippen molar-refractivity contribution in [1.82, 2.24) is 0 Å². The summed E-state index contributed by atoms with van der Waals surface area (Å²) in [5.74, 6) is 0.0831. The van der Waals surface area contributed by atoms with Crippen molar-refractivity contribution in [2.75, 3.05) is 6.61 Å². The van der Waals surface area contributed by atoms with E-state index in [-0.39, 0.29) is 11.7 Å². The van der Waals surface area contributed by atoms with Crippen LogP contribution in [0.3, 0.4) is 0 Å². The van der Waals surface area contributed by atoms with Gasteiger partial charge in [-0.3, -0.25) is 0 Å². The van der Waals surface area contributed by atoms with Crippen molar-refractivity contribution < 1.29 is 14.3 Å². The van der Waals surface area contributed by atoms with Crippen LogP contribution in [0.5, 0.6) is 5.75 Å². The molecule has 0 aliphatic rings. The summed E-state index contributed by atoms with van der Waals surface area (Å²) in [7, 11) is 0. The Morgan fingerprint density at radius 2 is 2.05 bits per heavy atom. The van der Waals surface area contributed by atoms with Gasteiger partial charge in [-0.1, -0.05) is 24.8 Å². The van der Waals surface area contributed by atoms with Crippen molar-refractivity contribution in [3.8, 4) is 11.8 Å². The van der Waals surface area contributed by atoms with E-state index in [0.29, 0.717) is 12.4 Å². The first kappa shape index (κ1) is 15.5. The lowest BCUT2D eigenvalue weighted by atomic mass is 10.1. The molecule has 0 aromatic heterocycles. The maximum absolute atomic E-state index is 11.6. The molecule has 0 amide bonds. The molecule has 20 heavy (non-hydrogen) atoms. The molecule has 0 saturated carbocycles. The number of nitriles is 1. The Balaban J connectivity index is 2.83. The minimum atomic E-state index is -0.616. The molecule has 104 valence electrons. The zero-order chi connectivity index (χ0) is 15.0. The van der Waals surface area contributed by atoms with Gasteiger partial charge >= 0.3 is 5.97 Å². The average molecular weight is 271 g/mol. The van der Waals surface area contributed by atoms with E-state index >= 15 is 0 Å². The van der Waals surface area contributed by atoms with Crippen LogP contribution in [0.15, 0.2) is 42.5 Å². The molecule has 1 aromatic carbocycles. The van der Waals surface area contributed by atoms with Crippen LogP contribution >= 0.6 is 0 Å². The Labute approximate surface area is 118 Å². The summed E-state index contributed by atoms with van der Waals surface area (Å²) in [6, 6.07) is 8.90. The zero-order valence-corrected chi connectivity index (χ0v) is 11.6. The van der Waals surface area contributed by atoms with E-state index in [2.05, 4.69) is 6.58 Å². The Morgan fingerprint density at radius 1 is 1.40 bits per heavy atom. The third-order valence-electron chi connectivity index (χ3n) is 2.24. The van der Waals surface area contributed by atoms with Gasteiger partial charge in [-0.05, 0) is 37.6 Å². The molecule has 4 nitrogen and oxygen atoms in total. The predicted molar refractivity (Wildman–Crippen MR) is 77.0 cm³/mol. The Hall–Kier alpha value is -2.54. The summed E-state index contributed by atoms with van der Waals surface area (Å²) < 4.78 is 10.3. The van der Waals surface area contributed by atoms with Crippen LogP contribution in [0.1, 0.15) is 19.4 Å². The highest BCUT2D eigenvalue weighted by atomic mass is 16.5. The summed E-state index contributed by atoms with van der Waals surface area (Å²) in [5, 5.41) is 8.99. The van der Waals surface area contributed by atoms with Crippen molar-refractivity contribution in [3.05, 3.63) is 48.1 Å². The van der Waals surface area contributed by atoms with Crippen molar-refractivity contribution >= 4 is 12.0 Å². The van der Waals surface area contributed by atoms with Crippen molar-refractivity contribution in [2.45, 2.75) is 20.0 Å². The van der Waals surface area contributed by atoms with Crippen LogP contribution in [-0.4, -0.2) is 18.7 Å². The molecular weight excluding hydrogens is 254 g/mol. The quantitative estimate of drug-likeness (QED) is 0.345. The molecule has 0 heterocycles. The third kappa shape index (κ3) is 4.99. The SMILES string of the molecule is C=CCOc1ccc(/C=C(/C#N)C(=O)OC(C)C)cc1. The highest BCUT2D eigenvalue weighted by molar-refractivity contribution is 5.97. The molecule has 0 aliphatic carbocycles. The van der Waals surface area contributed by atoms with E-state index in [1.54, 1.807) is 44.2 Å². The predicted octanol–water partition coefficient (Wildman–Crippen LogP) is 3.11. The first-order chi connectivity index (χ1) is 9.56. The Bertz CT molecular complexity index is 536. The third-order valence-corrected chi connectivity index (χ3v) is 2.24. The van der Waals surface area contributed by atoms with Crippen LogP contribution in [0.4, 0.5) is 0 Å². The molecule has 0 N–H and O–H groups in total. The molecule has 0 fully saturated rings. The average Bonchev–Trinajstić information content (AvgIpc) is 2.42. The van der Waals surface area contributed by atoms with Crippen molar-refractivity contribution in [2.24, 2.45) is 0 Å². The van der Waals surface area contributed by atoms with Crippen molar-refractivity contribution in [3.63, 3.8) is 0 Å². The van der Waals surface area contributed by atoms with E-state index in [1.165, 1.54) is 6.08 Å². The number of carbonyl (C=O) groups excluding carboxylic acids is 1. The van der Waals surface area contributed by atoms with Gasteiger partial charge in [-0.25, -0.2) is 4.79 Å². The molecule has 0 unspecified atom stereocenters. The van der Waals surface area contributed by atoms with Gasteiger partial charge in [-0.15, -0.1) is 0 Å². The summed E-state index contributed by atoms with van der Waals surface area (Å²) in [6.07, 6.45) is 2.89. The zero-order valence-electron chi connectivity index (χ0n) is 11.6. The molecule has 1 aromatic rings. The largest absolute Gasteiger partial charge is 0.490 e. The minimum Gasteiger partial charge on any atom is -0.490 e. The molecule has 0 aliphatic heterocycles. The van der Waals surface area contributed by atoms with Gasteiger partial charge in [0, 0.05) is 0 Å². The standard InChI is InChI=1S/C16H17NO3/c1-4-9-19-15-7-5-13(6-8-15)10-14(11-17)16(18)20-12(2)3/h4-8,10,12H,1,9H2,2-3H3/b14-10-. The highest BCUT2D eigenvalue weighted by Crippen LogP contribution is 2.15. The fraction of sp³-hybridized carbons (Fsp3) is 0.250. The van der Waals surface area contributed by atoms with Gasteiger partial charge in [0.15, 0.2) is 0 Å².